The Morgan fingerprint density at radius 3 is 1.93 bits per heavy atom. The highest BCUT2D eigenvalue weighted by atomic mass is 32.2. The molecule has 0 aliphatic rings. The molecule has 0 aromatic heterocycles. The van der Waals surface area contributed by atoms with Crippen LogP contribution in [0, 0.1) is 0 Å². The molecular formula is C16H22N4O9S. The van der Waals surface area contributed by atoms with Crippen LogP contribution in [0.25, 0.3) is 0 Å². The van der Waals surface area contributed by atoms with E-state index in [1.165, 1.54) is 0 Å². The first-order valence-electron chi connectivity index (χ1n) is 8.45. The molecular weight excluding hydrogens is 424 g/mol. The third-order valence-electron chi connectivity index (χ3n) is 3.70. The van der Waals surface area contributed by atoms with Crippen molar-refractivity contribution in [3.8, 4) is 0 Å². The lowest BCUT2D eigenvalue weighted by molar-refractivity contribution is -0.137. The summed E-state index contributed by atoms with van der Waals surface area (Å²) in [5, 5.41) is 38.6. The SMILES string of the molecule is NS(=O)(=O)c1ccc(C(=O)N[C@H](CO)C(=O)N[C@H](CO)C(=O)NCCC(=O)O)cc1. The molecule has 2 atom stereocenters. The predicted octanol–water partition coefficient (Wildman–Crippen LogP) is -3.51. The van der Waals surface area contributed by atoms with Crippen LogP contribution < -0.4 is 21.1 Å². The first kappa shape index (κ1) is 25.0. The maximum atomic E-state index is 12.2. The van der Waals surface area contributed by atoms with Crippen LogP contribution in [0.5, 0.6) is 0 Å². The number of primary sulfonamides is 1. The molecule has 0 saturated carbocycles. The van der Waals surface area contributed by atoms with Crippen molar-refractivity contribution in [1.29, 1.82) is 0 Å². The molecule has 0 spiro atoms. The third-order valence-corrected chi connectivity index (χ3v) is 4.63. The van der Waals surface area contributed by atoms with Crippen LogP contribution >= 0.6 is 0 Å². The predicted molar refractivity (Wildman–Crippen MR) is 100 cm³/mol. The number of aliphatic carboxylic acids is 1. The molecule has 1 aromatic rings. The summed E-state index contributed by atoms with van der Waals surface area (Å²) in [7, 11) is -3.95. The minimum atomic E-state index is -3.95. The fraction of sp³-hybridized carbons (Fsp3) is 0.375. The van der Waals surface area contributed by atoms with E-state index >= 15 is 0 Å². The van der Waals surface area contributed by atoms with E-state index in [0.29, 0.717) is 0 Å². The third kappa shape index (κ3) is 7.75. The molecule has 0 heterocycles. The highest BCUT2D eigenvalue weighted by Gasteiger charge is 2.26. The van der Waals surface area contributed by atoms with Crippen LogP contribution in [0.2, 0.25) is 0 Å². The van der Waals surface area contributed by atoms with Gasteiger partial charge in [0.15, 0.2) is 0 Å². The summed E-state index contributed by atoms with van der Waals surface area (Å²) >= 11 is 0. The summed E-state index contributed by atoms with van der Waals surface area (Å²) in [4.78, 5) is 46.5. The number of aliphatic hydroxyl groups excluding tert-OH is 2. The Labute approximate surface area is 171 Å². The van der Waals surface area contributed by atoms with Gasteiger partial charge in [0.05, 0.1) is 24.5 Å². The highest BCUT2D eigenvalue weighted by molar-refractivity contribution is 7.89. The average Bonchev–Trinajstić information content (AvgIpc) is 2.68. The molecule has 166 valence electrons. The topological polar surface area (TPSA) is 225 Å². The second kappa shape index (κ2) is 11.2. The first-order valence-corrected chi connectivity index (χ1v) is 9.99. The quantitative estimate of drug-likeness (QED) is 0.179. The van der Waals surface area contributed by atoms with Crippen molar-refractivity contribution >= 4 is 33.7 Å². The van der Waals surface area contributed by atoms with E-state index in [4.69, 9.17) is 10.2 Å². The maximum Gasteiger partial charge on any atom is 0.305 e. The van der Waals surface area contributed by atoms with Crippen LogP contribution in [0.1, 0.15) is 16.8 Å². The number of carbonyl (C=O) groups is 4. The lowest BCUT2D eigenvalue weighted by atomic mass is 10.2. The number of hydrogen-bond donors (Lipinski definition) is 7. The van der Waals surface area contributed by atoms with Gasteiger partial charge in [-0.2, -0.15) is 0 Å². The molecule has 14 heteroatoms. The highest BCUT2D eigenvalue weighted by Crippen LogP contribution is 2.09. The Hall–Kier alpha value is -3.07. The molecule has 0 unspecified atom stereocenters. The Morgan fingerprint density at radius 2 is 1.47 bits per heavy atom. The normalized spacial score (nSPS) is 13.0. The number of nitrogens with one attached hydrogen (secondary N) is 3. The van der Waals surface area contributed by atoms with Crippen molar-refractivity contribution in [1.82, 2.24) is 16.0 Å². The van der Waals surface area contributed by atoms with Crippen molar-refractivity contribution < 1.29 is 42.9 Å². The number of benzene rings is 1. The van der Waals surface area contributed by atoms with E-state index < -0.39 is 59.0 Å². The van der Waals surface area contributed by atoms with E-state index in [9.17, 15) is 37.8 Å². The molecule has 13 nitrogen and oxygen atoms in total. The average molecular weight is 446 g/mol. The second-order valence-electron chi connectivity index (χ2n) is 5.96. The summed E-state index contributed by atoms with van der Waals surface area (Å²) in [6.45, 7) is -1.88. The fourth-order valence-electron chi connectivity index (χ4n) is 2.11. The van der Waals surface area contributed by atoms with Crippen molar-refractivity contribution in [2.75, 3.05) is 19.8 Å². The van der Waals surface area contributed by atoms with Crippen molar-refractivity contribution in [2.24, 2.45) is 5.14 Å². The summed E-state index contributed by atoms with van der Waals surface area (Å²) in [5.74, 6) is -3.81. The summed E-state index contributed by atoms with van der Waals surface area (Å²) in [5.41, 5.74) is -0.0289. The number of carboxylic acids is 1. The number of rotatable bonds is 11. The zero-order valence-corrected chi connectivity index (χ0v) is 16.4. The molecule has 1 rings (SSSR count). The fourth-order valence-corrected chi connectivity index (χ4v) is 2.63. The smallest absolute Gasteiger partial charge is 0.305 e. The molecule has 1 aromatic carbocycles. The van der Waals surface area contributed by atoms with Gasteiger partial charge in [-0.25, -0.2) is 13.6 Å². The summed E-state index contributed by atoms with van der Waals surface area (Å²) in [6, 6.07) is 1.53. The van der Waals surface area contributed by atoms with Crippen molar-refractivity contribution in [2.45, 2.75) is 23.4 Å². The van der Waals surface area contributed by atoms with Gasteiger partial charge in [-0.05, 0) is 24.3 Å². The Balaban J connectivity index is 2.73. The van der Waals surface area contributed by atoms with Crippen LogP contribution in [-0.2, 0) is 24.4 Å². The molecule has 30 heavy (non-hydrogen) atoms. The van der Waals surface area contributed by atoms with E-state index in [0.717, 1.165) is 24.3 Å². The number of nitrogens with two attached hydrogens (primary N) is 1. The van der Waals surface area contributed by atoms with E-state index in [1.807, 2.05) is 0 Å². The van der Waals surface area contributed by atoms with Gasteiger partial charge in [0.25, 0.3) is 5.91 Å². The van der Waals surface area contributed by atoms with Gasteiger partial charge in [0.1, 0.15) is 12.1 Å². The van der Waals surface area contributed by atoms with Gasteiger partial charge in [0, 0.05) is 12.1 Å². The maximum absolute atomic E-state index is 12.2. The number of carboxylic acid groups (broad SMARTS) is 1. The molecule has 0 aliphatic heterocycles. The van der Waals surface area contributed by atoms with Gasteiger partial charge >= 0.3 is 5.97 Å². The monoisotopic (exact) mass is 446 g/mol. The number of carbonyl (C=O) groups excluding carboxylic acids is 3. The van der Waals surface area contributed by atoms with E-state index in [1.54, 1.807) is 0 Å². The molecule has 0 bridgehead atoms. The Bertz CT molecular complexity index is 886. The lowest BCUT2D eigenvalue weighted by Crippen LogP contribution is -2.56. The van der Waals surface area contributed by atoms with Gasteiger partial charge in [-0.3, -0.25) is 19.2 Å². The van der Waals surface area contributed by atoms with E-state index in [-0.39, 0.29) is 23.4 Å². The second-order valence-corrected chi connectivity index (χ2v) is 7.52. The standard InChI is InChI=1S/C16H22N4O9S/c17-30(28,29)10-3-1-9(2-4-10)14(25)19-12(8-22)16(27)20-11(7-21)15(26)18-6-5-13(23)24/h1-4,11-12,21-22H,5-8H2,(H,18,26)(H,19,25)(H,20,27)(H,23,24)(H2,17,28,29)/t11-,12-/m1/s1. The molecule has 0 radical (unpaired) electrons. The number of amides is 3. The van der Waals surface area contributed by atoms with Crippen LogP contribution in [-0.4, -0.2) is 79.3 Å². The molecule has 3 amide bonds. The lowest BCUT2D eigenvalue weighted by Gasteiger charge is -2.20. The zero-order valence-electron chi connectivity index (χ0n) is 15.6. The molecule has 0 aliphatic carbocycles. The van der Waals surface area contributed by atoms with E-state index in [2.05, 4.69) is 16.0 Å². The first-order chi connectivity index (χ1) is 14.0. The zero-order chi connectivity index (χ0) is 22.9. The Morgan fingerprint density at radius 1 is 0.933 bits per heavy atom. The largest absolute Gasteiger partial charge is 0.481 e. The Kier molecular flexibility index (Phi) is 9.32. The van der Waals surface area contributed by atoms with Crippen molar-refractivity contribution in [3.63, 3.8) is 0 Å². The van der Waals surface area contributed by atoms with Crippen LogP contribution in [0.15, 0.2) is 29.2 Å². The van der Waals surface area contributed by atoms with Gasteiger partial charge in [-0.1, -0.05) is 0 Å². The molecule has 8 N–H and O–H groups in total. The summed E-state index contributed by atoms with van der Waals surface area (Å²) < 4.78 is 22.4. The van der Waals surface area contributed by atoms with Crippen LogP contribution in [0.4, 0.5) is 0 Å². The number of hydrogen-bond acceptors (Lipinski definition) is 8. The number of aliphatic hydroxyl groups is 2. The molecule has 0 fully saturated rings. The van der Waals surface area contributed by atoms with Crippen LogP contribution in [0.3, 0.4) is 0 Å². The summed E-state index contributed by atoms with van der Waals surface area (Å²) in [6.07, 6.45) is -0.364. The molecule has 0 saturated heterocycles. The number of sulfonamides is 1. The van der Waals surface area contributed by atoms with Crippen molar-refractivity contribution in [3.05, 3.63) is 29.8 Å². The minimum absolute atomic E-state index is 0.0289. The minimum Gasteiger partial charge on any atom is -0.481 e. The van der Waals surface area contributed by atoms with Gasteiger partial charge in [-0.15, -0.1) is 0 Å². The van der Waals surface area contributed by atoms with Gasteiger partial charge < -0.3 is 31.3 Å². The van der Waals surface area contributed by atoms with Gasteiger partial charge in [0.2, 0.25) is 21.8 Å².